The Hall–Kier alpha value is -4.97. The summed E-state index contributed by atoms with van der Waals surface area (Å²) >= 11 is 0. The molecular weight excluding hydrogens is 774 g/mol. The normalized spacial score (nSPS) is 10.6. The molecule has 1 N–H and O–H groups in total. The smallest absolute Gasteiger partial charge is 0.507 e. The minimum absolute atomic E-state index is 0. The molecule has 8 rings (SSSR count). The summed E-state index contributed by atoms with van der Waals surface area (Å²) in [7, 11) is -2.28. The number of aromatic hydroxyl groups is 1. The van der Waals surface area contributed by atoms with Crippen LogP contribution >= 0.6 is 15.8 Å². The summed E-state index contributed by atoms with van der Waals surface area (Å²) in [6.07, 6.45) is 0. The third-order valence-electron chi connectivity index (χ3n) is 9.14. The SMILES string of the molecule is Oc1ccccc1-c1ccccc1[PH+](c1ccccc1)c1ccccc1.[Ag+].[CH2-]c1ccccc1-c1ccccc1[PH+](c1ccccc1)c1ccccc1. The van der Waals surface area contributed by atoms with Crippen LogP contribution in [0.1, 0.15) is 5.56 Å². The van der Waals surface area contributed by atoms with E-state index in [-0.39, 0.29) is 22.4 Å². The number of phenolic OH excluding ortho intramolecular Hbond substituents is 1. The molecule has 0 aliphatic heterocycles. The van der Waals surface area contributed by atoms with E-state index < -0.39 is 15.8 Å². The van der Waals surface area contributed by atoms with Gasteiger partial charge in [0.25, 0.3) is 0 Å². The molecule has 0 radical (unpaired) electrons. The Balaban J connectivity index is 0.000000178. The molecule has 0 spiro atoms. The van der Waals surface area contributed by atoms with Gasteiger partial charge < -0.3 is 5.11 Å². The first-order chi connectivity index (χ1) is 25.7. The molecule has 4 heteroatoms. The van der Waals surface area contributed by atoms with Gasteiger partial charge in [0.05, 0.1) is 21.1 Å². The molecule has 0 aliphatic carbocycles. The van der Waals surface area contributed by atoms with Gasteiger partial charge in [-0.2, -0.15) is 18.6 Å². The second-order valence-electron chi connectivity index (χ2n) is 12.5. The van der Waals surface area contributed by atoms with Crippen LogP contribution in [0.3, 0.4) is 0 Å². The number of benzene rings is 8. The van der Waals surface area contributed by atoms with Gasteiger partial charge in [-0.1, -0.05) is 133 Å². The zero-order valence-electron chi connectivity index (χ0n) is 29.2. The average molecular weight is 816 g/mol. The van der Waals surface area contributed by atoms with Gasteiger partial charge >= 0.3 is 22.4 Å². The van der Waals surface area contributed by atoms with Crippen molar-refractivity contribution < 1.29 is 27.5 Å². The average Bonchev–Trinajstić information content (AvgIpc) is 3.21. The third kappa shape index (κ3) is 8.98. The fraction of sp³-hybridized carbons (Fsp3) is 0. The van der Waals surface area contributed by atoms with E-state index in [2.05, 4.69) is 195 Å². The summed E-state index contributed by atoms with van der Waals surface area (Å²) < 4.78 is 0. The molecule has 0 unspecified atom stereocenters. The van der Waals surface area contributed by atoms with Gasteiger partial charge in [-0.3, -0.25) is 0 Å². The summed E-state index contributed by atoms with van der Waals surface area (Å²) in [5.74, 6) is 0.322. The van der Waals surface area contributed by atoms with E-state index >= 15 is 0 Å². The van der Waals surface area contributed by atoms with Gasteiger partial charge in [-0.15, -0.1) is 17.7 Å². The number of hydrogen-bond acceptors (Lipinski definition) is 1. The molecule has 1 nitrogen and oxygen atoms in total. The predicted molar refractivity (Wildman–Crippen MR) is 230 cm³/mol. The van der Waals surface area contributed by atoms with Crippen molar-refractivity contribution in [3.63, 3.8) is 0 Å². The van der Waals surface area contributed by atoms with Crippen LogP contribution in [-0.4, -0.2) is 5.11 Å². The zero-order valence-corrected chi connectivity index (χ0v) is 32.7. The summed E-state index contributed by atoms with van der Waals surface area (Å²) in [6.45, 7) is 4.25. The summed E-state index contributed by atoms with van der Waals surface area (Å²) in [5, 5.41) is 18.6. The molecule has 8 aromatic rings. The number of rotatable bonds is 8. The van der Waals surface area contributed by atoms with Gasteiger partial charge in [0.15, 0.2) is 0 Å². The van der Waals surface area contributed by atoms with Crippen molar-refractivity contribution in [1.82, 2.24) is 0 Å². The van der Waals surface area contributed by atoms with Crippen molar-refractivity contribution in [2.24, 2.45) is 0 Å². The molecule has 0 aliphatic rings. The Kier molecular flexibility index (Phi) is 13.3. The van der Waals surface area contributed by atoms with E-state index in [1.54, 1.807) is 6.07 Å². The van der Waals surface area contributed by atoms with E-state index in [0.717, 1.165) is 16.7 Å². The Morgan fingerprint density at radius 1 is 0.302 bits per heavy atom. The second-order valence-corrected chi connectivity index (χ2v) is 17.4. The Morgan fingerprint density at radius 2 is 0.585 bits per heavy atom. The maximum Gasteiger partial charge on any atom is 1.00 e. The van der Waals surface area contributed by atoms with Crippen LogP contribution in [0.5, 0.6) is 5.75 Å². The first-order valence-electron chi connectivity index (χ1n) is 17.5. The Bertz CT molecular complexity index is 2080. The van der Waals surface area contributed by atoms with E-state index in [4.69, 9.17) is 0 Å². The quantitative estimate of drug-likeness (QED) is 0.0921. The minimum atomic E-state index is -1.18. The van der Waals surface area contributed by atoms with Crippen molar-refractivity contribution >= 4 is 47.7 Å². The van der Waals surface area contributed by atoms with Crippen molar-refractivity contribution in [2.45, 2.75) is 0 Å². The van der Waals surface area contributed by atoms with Crippen LogP contribution in [0.4, 0.5) is 0 Å². The van der Waals surface area contributed by atoms with Gasteiger partial charge in [-0.25, -0.2) is 0 Å². The fourth-order valence-electron chi connectivity index (χ4n) is 6.73. The van der Waals surface area contributed by atoms with Crippen LogP contribution in [-0.2, 0) is 22.4 Å². The summed E-state index contributed by atoms with van der Waals surface area (Å²) in [4.78, 5) is 0. The maximum absolute atomic E-state index is 10.4. The number of hydrogen-bond donors (Lipinski definition) is 1. The number of para-hydroxylation sites is 1. The van der Waals surface area contributed by atoms with Crippen molar-refractivity contribution in [2.75, 3.05) is 0 Å². The largest absolute Gasteiger partial charge is 1.00 e. The standard InChI is InChI=1S/C25H20P.C24H19OP.Ag/c1-20-12-8-9-17-23(20)24-18-10-11-19-25(24)26(21-13-4-2-5-14-21)22-15-6-3-7-16-22;25-23-17-9-7-15-21(23)22-16-8-10-18-24(22)26(19-11-3-1-4-12-19)20-13-5-2-6-14-20;/h2-19H,1H2;1-18,25H;/q-1;;+1/p+2. The molecule has 8 aromatic carbocycles. The summed E-state index contributed by atoms with van der Waals surface area (Å²) in [6, 6.07) is 76.4. The number of phenols is 1. The van der Waals surface area contributed by atoms with Crippen molar-refractivity contribution in [3.8, 4) is 28.0 Å². The summed E-state index contributed by atoms with van der Waals surface area (Å²) in [5.41, 5.74) is 5.57. The first kappa shape index (κ1) is 37.8. The fourth-order valence-corrected chi connectivity index (χ4v) is 12.2. The van der Waals surface area contributed by atoms with Gasteiger partial charge in [0, 0.05) is 11.1 Å². The molecule has 53 heavy (non-hydrogen) atoms. The van der Waals surface area contributed by atoms with Crippen LogP contribution in [0.15, 0.2) is 218 Å². The maximum atomic E-state index is 10.4. The molecule has 0 aromatic heterocycles. The molecular formula is C49H41AgOP2+2. The second kappa shape index (κ2) is 18.7. The van der Waals surface area contributed by atoms with E-state index in [0.29, 0.717) is 5.75 Å². The molecule has 262 valence electrons. The van der Waals surface area contributed by atoms with E-state index in [1.807, 2.05) is 24.3 Å². The Labute approximate surface area is 332 Å². The van der Waals surface area contributed by atoms with Gasteiger partial charge in [0.2, 0.25) is 0 Å². The first-order valence-corrected chi connectivity index (χ1v) is 20.5. The van der Waals surface area contributed by atoms with Crippen LogP contribution < -0.4 is 31.8 Å². The molecule has 0 amide bonds. The van der Waals surface area contributed by atoms with Crippen LogP contribution in [0.25, 0.3) is 22.3 Å². The third-order valence-corrected chi connectivity index (χ3v) is 14.7. The molecule has 0 fully saturated rings. The van der Waals surface area contributed by atoms with Crippen molar-refractivity contribution in [1.29, 1.82) is 0 Å². The zero-order chi connectivity index (χ0) is 35.5. The van der Waals surface area contributed by atoms with Gasteiger partial charge in [0.1, 0.15) is 32.3 Å². The topological polar surface area (TPSA) is 20.2 Å². The molecule has 0 bridgehead atoms. The van der Waals surface area contributed by atoms with Crippen molar-refractivity contribution in [3.05, 3.63) is 231 Å². The minimum Gasteiger partial charge on any atom is -0.507 e. The van der Waals surface area contributed by atoms with Gasteiger partial charge in [-0.05, 0) is 72.3 Å². The monoisotopic (exact) mass is 814 g/mol. The van der Waals surface area contributed by atoms with E-state index in [9.17, 15) is 5.11 Å². The van der Waals surface area contributed by atoms with Crippen LogP contribution in [0, 0.1) is 6.92 Å². The Morgan fingerprint density at radius 3 is 0.962 bits per heavy atom. The van der Waals surface area contributed by atoms with Crippen LogP contribution in [0.2, 0.25) is 0 Å². The molecule has 0 saturated carbocycles. The van der Waals surface area contributed by atoms with E-state index in [1.165, 1.54) is 43.0 Å². The predicted octanol–water partition coefficient (Wildman–Crippen LogP) is 9.57. The molecule has 0 saturated heterocycles. The molecule has 0 heterocycles. The molecule has 0 atom stereocenters.